The van der Waals surface area contributed by atoms with E-state index in [2.05, 4.69) is 5.32 Å². The smallest absolute Gasteiger partial charge is 0.341 e. The van der Waals surface area contributed by atoms with Crippen molar-refractivity contribution in [1.29, 1.82) is 0 Å². The van der Waals surface area contributed by atoms with Crippen LogP contribution in [0.15, 0.2) is 24.3 Å². The van der Waals surface area contributed by atoms with Gasteiger partial charge in [0.25, 0.3) is 5.91 Å². The number of rotatable bonds is 4. The van der Waals surface area contributed by atoms with Crippen LogP contribution in [0.3, 0.4) is 0 Å². The van der Waals surface area contributed by atoms with Crippen molar-refractivity contribution in [1.82, 2.24) is 0 Å². The number of nitrogens with one attached hydrogen (secondary N) is 1. The van der Waals surface area contributed by atoms with Crippen molar-refractivity contribution < 1.29 is 19.1 Å². The fraction of sp³-hybridized carbons (Fsp3) is 0.250. The van der Waals surface area contributed by atoms with Gasteiger partial charge >= 0.3 is 5.97 Å². The summed E-state index contributed by atoms with van der Waals surface area (Å²) in [5.74, 6) is -0.160. The Bertz CT molecular complexity index is 721. The molecular weight excluding hydrogens is 302 g/mol. The Morgan fingerprint density at radius 2 is 1.91 bits per heavy atom. The number of methoxy groups -OCH3 is 2. The normalized spacial score (nSPS) is 10.2. The number of thiophene rings is 1. The van der Waals surface area contributed by atoms with Crippen molar-refractivity contribution in [3.63, 3.8) is 0 Å². The van der Waals surface area contributed by atoms with Gasteiger partial charge in [-0.25, -0.2) is 4.79 Å². The second-order valence-corrected chi connectivity index (χ2v) is 5.89. The standard InChI is InChI=1S/C16H17NO4S/c1-9-10(2)22-15(13(9)16(19)21-4)17-14(18)11-6-5-7-12(8-11)20-3/h5-8H,1-4H3,(H,17,18). The topological polar surface area (TPSA) is 64.6 Å². The Morgan fingerprint density at radius 1 is 1.18 bits per heavy atom. The molecule has 0 fully saturated rings. The number of benzene rings is 1. The van der Waals surface area contributed by atoms with E-state index in [0.29, 0.717) is 21.9 Å². The number of aryl methyl sites for hydroxylation is 1. The molecule has 0 atom stereocenters. The van der Waals surface area contributed by atoms with Gasteiger partial charge in [-0.15, -0.1) is 11.3 Å². The molecule has 1 aromatic heterocycles. The predicted octanol–water partition coefficient (Wildman–Crippen LogP) is 3.41. The van der Waals surface area contributed by atoms with Crippen molar-refractivity contribution in [3.8, 4) is 5.75 Å². The van der Waals surface area contributed by atoms with Crippen molar-refractivity contribution >= 4 is 28.2 Å². The molecule has 0 aliphatic heterocycles. The Kier molecular flexibility index (Phi) is 4.82. The van der Waals surface area contributed by atoms with E-state index >= 15 is 0 Å². The lowest BCUT2D eigenvalue weighted by Gasteiger charge is -2.07. The lowest BCUT2D eigenvalue weighted by Crippen LogP contribution is -2.14. The quantitative estimate of drug-likeness (QED) is 0.877. The van der Waals surface area contributed by atoms with Crippen LogP contribution in [0.4, 0.5) is 5.00 Å². The highest BCUT2D eigenvalue weighted by atomic mass is 32.1. The molecule has 0 spiro atoms. The Balaban J connectivity index is 2.32. The molecule has 22 heavy (non-hydrogen) atoms. The molecule has 2 aromatic rings. The Labute approximate surface area is 132 Å². The summed E-state index contributed by atoms with van der Waals surface area (Å²) in [6.07, 6.45) is 0. The van der Waals surface area contributed by atoms with Gasteiger partial charge in [0.15, 0.2) is 0 Å². The molecular formula is C16H17NO4S. The van der Waals surface area contributed by atoms with E-state index < -0.39 is 5.97 Å². The zero-order chi connectivity index (χ0) is 16.3. The SMILES string of the molecule is COC(=O)c1c(NC(=O)c2cccc(OC)c2)sc(C)c1C. The molecule has 1 aromatic carbocycles. The fourth-order valence-electron chi connectivity index (χ4n) is 2.00. The maximum atomic E-state index is 12.4. The first-order valence-corrected chi connectivity index (χ1v) is 7.43. The molecule has 0 unspecified atom stereocenters. The van der Waals surface area contributed by atoms with Crippen LogP contribution >= 0.6 is 11.3 Å². The third-order valence-electron chi connectivity index (χ3n) is 3.33. The van der Waals surface area contributed by atoms with Gasteiger partial charge in [0.05, 0.1) is 19.8 Å². The van der Waals surface area contributed by atoms with Gasteiger partial charge in [-0.3, -0.25) is 4.79 Å². The largest absolute Gasteiger partial charge is 0.497 e. The van der Waals surface area contributed by atoms with Crippen LogP contribution in [0, 0.1) is 13.8 Å². The molecule has 1 amide bonds. The minimum absolute atomic E-state index is 0.301. The van der Waals surface area contributed by atoms with Crippen LogP contribution in [-0.2, 0) is 4.74 Å². The first-order valence-electron chi connectivity index (χ1n) is 6.61. The van der Waals surface area contributed by atoms with Gasteiger partial charge in [0.1, 0.15) is 10.8 Å². The van der Waals surface area contributed by atoms with Gasteiger partial charge in [0, 0.05) is 10.4 Å². The van der Waals surface area contributed by atoms with Crippen molar-refractivity contribution in [3.05, 3.63) is 45.8 Å². The third-order valence-corrected chi connectivity index (χ3v) is 4.46. The van der Waals surface area contributed by atoms with E-state index in [1.165, 1.54) is 18.4 Å². The highest BCUT2D eigenvalue weighted by Crippen LogP contribution is 2.33. The first-order chi connectivity index (χ1) is 10.5. The van der Waals surface area contributed by atoms with Crippen molar-refractivity contribution in [2.45, 2.75) is 13.8 Å². The molecule has 116 valence electrons. The lowest BCUT2D eigenvalue weighted by molar-refractivity contribution is 0.0601. The number of anilines is 1. The third kappa shape index (κ3) is 3.12. The number of amides is 1. The number of carbonyl (C=O) groups excluding carboxylic acids is 2. The molecule has 6 heteroatoms. The van der Waals surface area contributed by atoms with Crippen LogP contribution in [0.5, 0.6) is 5.75 Å². The molecule has 0 radical (unpaired) electrons. The van der Waals surface area contributed by atoms with Crippen LogP contribution < -0.4 is 10.1 Å². The van der Waals surface area contributed by atoms with Crippen LogP contribution in [0.25, 0.3) is 0 Å². The van der Waals surface area contributed by atoms with E-state index in [0.717, 1.165) is 10.4 Å². The molecule has 1 N–H and O–H groups in total. The monoisotopic (exact) mass is 319 g/mol. The summed E-state index contributed by atoms with van der Waals surface area (Å²) in [5, 5.41) is 3.27. The average Bonchev–Trinajstić information content (AvgIpc) is 2.81. The van der Waals surface area contributed by atoms with Gasteiger partial charge in [-0.05, 0) is 37.6 Å². The van der Waals surface area contributed by atoms with Gasteiger partial charge < -0.3 is 14.8 Å². The molecule has 2 rings (SSSR count). The van der Waals surface area contributed by atoms with Gasteiger partial charge in [-0.1, -0.05) is 6.07 Å². The molecule has 5 nitrogen and oxygen atoms in total. The van der Waals surface area contributed by atoms with E-state index in [4.69, 9.17) is 9.47 Å². The molecule has 0 aliphatic rings. The average molecular weight is 319 g/mol. The van der Waals surface area contributed by atoms with Gasteiger partial charge in [-0.2, -0.15) is 0 Å². The Morgan fingerprint density at radius 3 is 2.55 bits per heavy atom. The zero-order valence-corrected chi connectivity index (χ0v) is 13.7. The summed E-state index contributed by atoms with van der Waals surface area (Å²) in [4.78, 5) is 25.2. The minimum atomic E-state index is -0.456. The van der Waals surface area contributed by atoms with E-state index in [9.17, 15) is 9.59 Å². The summed E-state index contributed by atoms with van der Waals surface area (Å²) in [7, 11) is 2.86. The maximum Gasteiger partial charge on any atom is 0.341 e. The summed E-state index contributed by atoms with van der Waals surface area (Å²) in [6, 6.07) is 6.82. The highest BCUT2D eigenvalue weighted by molar-refractivity contribution is 7.16. The summed E-state index contributed by atoms with van der Waals surface area (Å²) < 4.78 is 9.90. The lowest BCUT2D eigenvalue weighted by atomic mass is 10.1. The van der Waals surface area contributed by atoms with Crippen LogP contribution in [-0.4, -0.2) is 26.1 Å². The van der Waals surface area contributed by atoms with Crippen LogP contribution in [0.1, 0.15) is 31.2 Å². The second-order valence-electron chi connectivity index (χ2n) is 4.67. The minimum Gasteiger partial charge on any atom is -0.497 e. The summed E-state index contributed by atoms with van der Waals surface area (Å²) >= 11 is 1.35. The molecule has 0 saturated carbocycles. The number of carbonyl (C=O) groups is 2. The number of esters is 1. The zero-order valence-electron chi connectivity index (χ0n) is 12.9. The fourth-order valence-corrected chi connectivity index (χ4v) is 3.05. The summed E-state index contributed by atoms with van der Waals surface area (Å²) in [5.41, 5.74) is 1.68. The first kappa shape index (κ1) is 16.0. The van der Waals surface area contributed by atoms with Gasteiger partial charge in [0.2, 0.25) is 0 Å². The molecule has 0 saturated heterocycles. The summed E-state index contributed by atoms with van der Waals surface area (Å²) in [6.45, 7) is 3.73. The highest BCUT2D eigenvalue weighted by Gasteiger charge is 2.22. The number of hydrogen-bond donors (Lipinski definition) is 1. The number of hydrogen-bond acceptors (Lipinski definition) is 5. The molecule has 0 aliphatic carbocycles. The van der Waals surface area contributed by atoms with Crippen molar-refractivity contribution in [2.75, 3.05) is 19.5 Å². The predicted molar refractivity (Wildman–Crippen MR) is 86.1 cm³/mol. The van der Waals surface area contributed by atoms with E-state index in [1.807, 2.05) is 13.8 Å². The maximum absolute atomic E-state index is 12.4. The molecule has 0 bridgehead atoms. The molecule has 1 heterocycles. The second kappa shape index (κ2) is 6.62. The number of ether oxygens (including phenoxy) is 2. The van der Waals surface area contributed by atoms with E-state index in [-0.39, 0.29) is 5.91 Å². The van der Waals surface area contributed by atoms with E-state index in [1.54, 1.807) is 31.4 Å². The van der Waals surface area contributed by atoms with Crippen LogP contribution in [0.2, 0.25) is 0 Å². The Hall–Kier alpha value is -2.34. The van der Waals surface area contributed by atoms with Crippen molar-refractivity contribution in [2.24, 2.45) is 0 Å².